The SMILES string of the molecule is O=c1oc(-c2ccc(F)cc2)nn1Cc1csc(Nc2ccccc2)n1. The van der Waals surface area contributed by atoms with Crippen LogP contribution in [-0.4, -0.2) is 14.8 Å². The number of aromatic nitrogens is 3. The monoisotopic (exact) mass is 368 g/mol. The van der Waals surface area contributed by atoms with Crippen molar-refractivity contribution in [2.24, 2.45) is 0 Å². The van der Waals surface area contributed by atoms with Crippen LogP contribution in [0.3, 0.4) is 0 Å². The molecule has 0 radical (unpaired) electrons. The summed E-state index contributed by atoms with van der Waals surface area (Å²) < 4.78 is 19.3. The predicted molar refractivity (Wildman–Crippen MR) is 97.1 cm³/mol. The van der Waals surface area contributed by atoms with E-state index in [-0.39, 0.29) is 18.3 Å². The van der Waals surface area contributed by atoms with Gasteiger partial charge in [0.05, 0.1) is 12.2 Å². The third kappa shape index (κ3) is 3.55. The van der Waals surface area contributed by atoms with Crippen LogP contribution in [0.25, 0.3) is 11.5 Å². The van der Waals surface area contributed by atoms with Gasteiger partial charge in [-0.15, -0.1) is 16.4 Å². The molecule has 0 unspecified atom stereocenters. The molecule has 0 aliphatic rings. The fourth-order valence-corrected chi connectivity index (χ4v) is 3.07. The molecule has 0 atom stereocenters. The Morgan fingerprint density at radius 3 is 2.65 bits per heavy atom. The van der Waals surface area contributed by atoms with E-state index in [9.17, 15) is 9.18 Å². The summed E-state index contributed by atoms with van der Waals surface area (Å²) in [4.78, 5) is 16.5. The molecule has 130 valence electrons. The number of benzene rings is 2. The lowest BCUT2D eigenvalue weighted by molar-refractivity contribution is 0.493. The first-order valence-corrected chi connectivity index (χ1v) is 8.66. The molecule has 0 spiro atoms. The van der Waals surface area contributed by atoms with Crippen LogP contribution >= 0.6 is 11.3 Å². The van der Waals surface area contributed by atoms with Gasteiger partial charge >= 0.3 is 5.76 Å². The van der Waals surface area contributed by atoms with Crippen molar-refractivity contribution in [2.75, 3.05) is 5.32 Å². The highest BCUT2D eigenvalue weighted by molar-refractivity contribution is 7.13. The molecule has 0 amide bonds. The topological polar surface area (TPSA) is 73.0 Å². The van der Waals surface area contributed by atoms with Crippen LogP contribution in [0, 0.1) is 5.82 Å². The summed E-state index contributed by atoms with van der Waals surface area (Å²) in [5.41, 5.74) is 2.16. The largest absolute Gasteiger partial charge is 0.437 e. The smallest absolute Gasteiger partial charge is 0.388 e. The average molecular weight is 368 g/mol. The summed E-state index contributed by atoms with van der Waals surface area (Å²) in [5, 5.41) is 9.93. The molecule has 0 aliphatic heterocycles. The Bertz CT molecular complexity index is 1070. The Labute approximate surface area is 151 Å². The van der Waals surface area contributed by atoms with E-state index in [0.717, 1.165) is 10.8 Å². The van der Waals surface area contributed by atoms with Crippen LogP contribution in [0.5, 0.6) is 0 Å². The van der Waals surface area contributed by atoms with Crippen LogP contribution in [0.2, 0.25) is 0 Å². The Kier molecular flexibility index (Phi) is 4.32. The molecule has 4 rings (SSSR count). The number of rotatable bonds is 5. The first kappa shape index (κ1) is 16.2. The lowest BCUT2D eigenvalue weighted by Crippen LogP contribution is -2.16. The van der Waals surface area contributed by atoms with Gasteiger partial charge in [0, 0.05) is 16.6 Å². The first-order chi connectivity index (χ1) is 12.7. The van der Waals surface area contributed by atoms with Crippen molar-refractivity contribution in [3.63, 3.8) is 0 Å². The van der Waals surface area contributed by atoms with Gasteiger partial charge in [-0.1, -0.05) is 18.2 Å². The lowest BCUT2D eigenvalue weighted by atomic mass is 10.2. The number of nitrogens with zero attached hydrogens (tertiary/aromatic N) is 3. The van der Waals surface area contributed by atoms with Crippen molar-refractivity contribution in [1.82, 2.24) is 14.8 Å². The van der Waals surface area contributed by atoms with E-state index in [4.69, 9.17) is 4.42 Å². The first-order valence-electron chi connectivity index (χ1n) is 7.78. The Morgan fingerprint density at radius 1 is 1.12 bits per heavy atom. The predicted octanol–water partition coefficient (Wildman–Crippen LogP) is 3.89. The highest BCUT2D eigenvalue weighted by Gasteiger charge is 2.12. The Hall–Kier alpha value is -3.26. The molecule has 2 aromatic carbocycles. The summed E-state index contributed by atoms with van der Waals surface area (Å²) >= 11 is 1.44. The van der Waals surface area contributed by atoms with Gasteiger partial charge in [0.15, 0.2) is 5.13 Å². The molecule has 0 aliphatic carbocycles. The maximum atomic E-state index is 13.0. The summed E-state index contributed by atoms with van der Waals surface area (Å²) in [7, 11) is 0. The summed E-state index contributed by atoms with van der Waals surface area (Å²) in [6, 6.07) is 15.3. The number of hydrogen-bond donors (Lipinski definition) is 1. The average Bonchev–Trinajstić information content (AvgIpc) is 3.24. The molecule has 1 N–H and O–H groups in total. The minimum Gasteiger partial charge on any atom is -0.388 e. The van der Waals surface area contributed by atoms with Crippen LogP contribution in [0.1, 0.15) is 5.69 Å². The second-order valence-corrected chi connectivity index (χ2v) is 6.33. The van der Waals surface area contributed by atoms with E-state index in [2.05, 4.69) is 15.4 Å². The number of thiazole rings is 1. The van der Waals surface area contributed by atoms with Crippen molar-refractivity contribution in [1.29, 1.82) is 0 Å². The van der Waals surface area contributed by atoms with Gasteiger partial charge in [-0.05, 0) is 36.4 Å². The van der Waals surface area contributed by atoms with Crippen molar-refractivity contribution in [3.8, 4) is 11.5 Å². The molecule has 0 bridgehead atoms. The van der Waals surface area contributed by atoms with Crippen molar-refractivity contribution < 1.29 is 8.81 Å². The number of nitrogens with one attached hydrogen (secondary N) is 1. The molecule has 6 nitrogen and oxygen atoms in total. The minimum atomic E-state index is -0.588. The molecule has 2 heterocycles. The fourth-order valence-electron chi connectivity index (χ4n) is 2.35. The van der Waals surface area contributed by atoms with Gasteiger partial charge in [0.1, 0.15) is 5.82 Å². The van der Waals surface area contributed by atoms with Crippen LogP contribution in [0.4, 0.5) is 15.2 Å². The van der Waals surface area contributed by atoms with Gasteiger partial charge in [-0.25, -0.2) is 14.2 Å². The molecule has 0 saturated carbocycles. The number of para-hydroxylation sites is 1. The third-order valence-corrected chi connectivity index (χ3v) is 4.39. The zero-order valence-corrected chi connectivity index (χ0v) is 14.2. The molecular weight excluding hydrogens is 355 g/mol. The van der Waals surface area contributed by atoms with Crippen molar-refractivity contribution >= 4 is 22.2 Å². The van der Waals surface area contributed by atoms with E-state index in [1.165, 1.54) is 40.3 Å². The molecule has 4 aromatic rings. The number of anilines is 2. The van der Waals surface area contributed by atoms with Crippen LogP contribution < -0.4 is 11.1 Å². The van der Waals surface area contributed by atoms with E-state index in [1.54, 1.807) is 0 Å². The second-order valence-electron chi connectivity index (χ2n) is 5.47. The molecule has 0 saturated heterocycles. The normalized spacial score (nSPS) is 10.8. The Balaban J connectivity index is 1.51. The van der Waals surface area contributed by atoms with E-state index in [1.807, 2.05) is 35.7 Å². The number of halogens is 1. The molecule has 0 fully saturated rings. The van der Waals surface area contributed by atoms with Gasteiger partial charge in [0.25, 0.3) is 0 Å². The zero-order valence-electron chi connectivity index (χ0n) is 13.4. The van der Waals surface area contributed by atoms with Gasteiger partial charge in [-0.2, -0.15) is 4.68 Å². The summed E-state index contributed by atoms with van der Waals surface area (Å²) in [6.45, 7) is 0.191. The second kappa shape index (κ2) is 6.93. The van der Waals surface area contributed by atoms with Crippen LogP contribution in [-0.2, 0) is 6.54 Å². The highest BCUT2D eigenvalue weighted by atomic mass is 32.1. The van der Waals surface area contributed by atoms with E-state index >= 15 is 0 Å². The third-order valence-electron chi connectivity index (χ3n) is 3.59. The zero-order chi connectivity index (χ0) is 17.9. The van der Waals surface area contributed by atoms with Crippen molar-refractivity contribution in [3.05, 3.63) is 82.0 Å². The molecule has 26 heavy (non-hydrogen) atoms. The molecular formula is C18H13FN4O2S. The van der Waals surface area contributed by atoms with Crippen LogP contribution in [0.15, 0.2) is 69.2 Å². The van der Waals surface area contributed by atoms with E-state index < -0.39 is 5.76 Å². The van der Waals surface area contributed by atoms with E-state index in [0.29, 0.717) is 11.3 Å². The van der Waals surface area contributed by atoms with Gasteiger partial charge < -0.3 is 9.73 Å². The molecule has 2 aromatic heterocycles. The standard InChI is InChI=1S/C18H13FN4O2S/c19-13-8-6-12(7-9-13)16-22-23(18(24)25-16)10-15-11-26-17(21-15)20-14-4-2-1-3-5-14/h1-9,11H,10H2,(H,20,21). The fraction of sp³-hybridized carbons (Fsp3) is 0.0556. The van der Waals surface area contributed by atoms with Gasteiger partial charge in [-0.3, -0.25) is 0 Å². The summed E-state index contributed by atoms with van der Waals surface area (Å²) in [6.07, 6.45) is 0. The number of hydrogen-bond acceptors (Lipinski definition) is 6. The maximum absolute atomic E-state index is 13.0. The molecule has 8 heteroatoms. The lowest BCUT2D eigenvalue weighted by Gasteiger charge is -2.00. The quantitative estimate of drug-likeness (QED) is 0.579. The van der Waals surface area contributed by atoms with Gasteiger partial charge in [0.2, 0.25) is 5.89 Å². The highest BCUT2D eigenvalue weighted by Crippen LogP contribution is 2.21. The minimum absolute atomic E-state index is 0.146. The Morgan fingerprint density at radius 2 is 1.88 bits per heavy atom. The maximum Gasteiger partial charge on any atom is 0.437 e. The van der Waals surface area contributed by atoms with Crippen molar-refractivity contribution in [2.45, 2.75) is 6.54 Å². The summed E-state index contributed by atoms with van der Waals surface area (Å²) in [5.74, 6) is -0.806.